The summed E-state index contributed by atoms with van der Waals surface area (Å²) >= 11 is 0. The van der Waals surface area contributed by atoms with Crippen molar-refractivity contribution in [3.8, 4) is 5.88 Å². The van der Waals surface area contributed by atoms with Crippen LogP contribution in [0.5, 0.6) is 5.88 Å². The summed E-state index contributed by atoms with van der Waals surface area (Å²) in [6, 6.07) is 3.40. The van der Waals surface area contributed by atoms with Gasteiger partial charge in [0.25, 0.3) is 5.91 Å². The van der Waals surface area contributed by atoms with Crippen molar-refractivity contribution in [1.82, 2.24) is 15.2 Å². The van der Waals surface area contributed by atoms with Crippen LogP contribution in [0.15, 0.2) is 18.3 Å². The van der Waals surface area contributed by atoms with Crippen LogP contribution in [0.4, 0.5) is 4.79 Å². The van der Waals surface area contributed by atoms with Gasteiger partial charge in [0, 0.05) is 31.4 Å². The van der Waals surface area contributed by atoms with Crippen molar-refractivity contribution in [3.63, 3.8) is 0 Å². The fourth-order valence-corrected chi connectivity index (χ4v) is 2.51. The summed E-state index contributed by atoms with van der Waals surface area (Å²) in [5.41, 5.74) is 0.0246. The maximum absolute atomic E-state index is 12.4. The van der Waals surface area contributed by atoms with Gasteiger partial charge >= 0.3 is 6.09 Å². The van der Waals surface area contributed by atoms with E-state index in [-0.39, 0.29) is 11.9 Å². The Kier molecular flexibility index (Phi) is 5.64. The van der Waals surface area contributed by atoms with Gasteiger partial charge in [0.05, 0.1) is 12.7 Å². The number of hydrogen-bond acceptors (Lipinski definition) is 5. The van der Waals surface area contributed by atoms with Crippen LogP contribution in [0.3, 0.4) is 0 Å². The highest BCUT2D eigenvalue weighted by atomic mass is 16.6. The second kappa shape index (κ2) is 7.51. The van der Waals surface area contributed by atoms with Crippen molar-refractivity contribution < 1.29 is 19.1 Å². The molecule has 1 aromatic rings. The summed E-state index contributed by atoms with van der Waals surface area (Å²) in [5, 5.41) is 2.86. The Bertz CT molecular complexity index is 572. The Balaban J connectivity index is 1.83. The Morgan fingerprint density at radius 2 is 1.92 bits per heavy atom. The molecule has 0 saturated carbocycles. The van der Waals surface area contributed by atoms with Crippen LogP contribution in [0.1, 0.15) is 44.0 Å². The van der Waals surface area contributed by atoms with Crippen LogP contribution in [-0.4, -0.2) is 53.7 Å². The molecule has 24 heavy (non-hydrogen) atoms. The lowest BCUT2D eigenvalue weighted by Crippen LogP contribution is -2.47. The number of alkyl carbamates (subject to hydrolysis) is 1. The van der Waals surface area contributed by atoms with Gasteiger partial charge in [-0.15, -0.1) is 0 Å². The van der Waals surface area contributed by atoms with Crippen LogP contribution >= 0.6 is 0 Å². The number of amides is 2. The minimum absolute atomic E-state index is 0.0258. The molecule has 132 valence electrons. The van der Waals surface area contributed by atoms with Crippen molar-refractivity contribution in [2.45, 2.75) is 45.3 Å². The third kappa shape index (κ3) is 5.11. The topological polar surface area (TPSA) is 80.8 Å². The molecule has 1 aromatic heterocycles. The summed E-state index contributed by atoms with van der Waals surface area (Å²) in [4.78, 5) is 30.1. The number of aromatic nitrogens is 1. The molecule has 1 N–H and O–H groups in total. The number of likely N-dealkylation sites (tertiary alicyclic amines) is 1. The number of pyridine rings is 1. The molecule has 0 atom stereocenters. The summed E-state index contributed by atoms with van der Waals surface area (Å²) in [6.45, 7) is 6.67. The third-order valence-corrected chi connectivity index (χ3v) is 3.70. The van der Waals surface area contributed by atoms with Gasteiger partial charge in [0.1, 0.15) is 5.60 Å². The molecule has 7 nitrogen and oxygen atoms in total. The number of nitrogens with one attached hydrogen (secondary N) is 1. The van der Waals surface area contributed by atoms with Gasteiger partial charge in [-0.05, 0) is 39.7 Å². The molecule has 2 heterocycles. The molecule has 0 bridgehead atoms. The maximum Gasteiger partial charge on any atom is 0.407 e. The van der Waals surface area contributed by atoms with Crippen LogP contribution in [0.2, 0.25) is 0 Å². The monoisotopic (exact) mass is 335 g/mol. The molecule has 2 amide bonds. The average Bonchev–Trinajstić information content (AvgIpc) is 2.53. The van der Waals surface area contributed by atoms with E-state index in [9.17, 15) is 9.59 Å². The van der Waals surface area contributed by atoms with Gasteiger partial charge in [-0.2, -0.15) is 0 Å². The lowest BCUT2D eigenvalue weighted by molar-refractivity contribution is 0.0473. The molecule has 0 radical (unpaired) electrons. The smallest absolute Gasteiger partial charge is 0.407 e. The van der Waals surface area contributed by atoms with Crippen LogP contribution in [0, 0.1) is 0 Å². The van der Waals surface area contributed by atoms with Crippen LogP contribution < -0.4 is 10.1 Å². The normalized spacial score (nSPS) is 15.8. The van der Waals surface area contributed by atoms with Crippen LogP contribution in [-0.2, 0) is 4.74 Å². The van der Waals surface area contributed by atoms with Crippen molar-refractivity contribution in [2.24, 2.45) is 0 Å². The molecule has 1 fully saturated rings. The Morgan fingerprint density at radius 1 is 1.25 bits per heavy atom. The molecule has 7 heteroatoms. The Labute approximate surface area is 142 Å². The molecule has 0 aromatic carbocycles. The van der Waals surface area contributed by atoms with Crippen LogP contribution in [0.25, 0.3) is 0 Å². The number of nitrogens with zero attached hydrogens (tertiary/aromatic N) is 2. The van der Waals surface area contributed by atoms with Gasteiger partial charge in [0.15, 0.2) is 0 Å². The summed E-state index contributed by atoms with van der Waals surface area (Å²) in [6.07, 6.45) is 2.52. The highest BCUT2D eigenvalue weighted by Gasteiger charge is 2.26. The van der Waals surface area contributed by atoms with E-state index in [1.165, 1.54) is 13.3 Å². The van der Waals surface area contributed by atoms with Crippen molar-refractivity contribution in [1.29, 1.82) is 0 Å². The van der Waals surface area contributed by atoms with Gasteiger partial charge in [-0.1, -0.05) is 0 Å². The van der Waals surface area contributed by atoms with Gasteiger partial charge in [-0.25, -0.2) is 9.78 Å². The minimum atomic E-state index is -0.512. The minimum Gasteiger partial charge on any atom is -0.481 e. The number of hydrogen-bond donors (Lipinski definition) is 1. The molecule has 0 unspecified atom stereocenters. The fraction of sp³-hybridized carbons (Fsp3) is 0.588. The fourth-order valence-electron chi connectivity index (χ4n) is 2.51. The SMILES string of the molecule is COc1ccc(C(=O)N2CCC(NC(=O)OC(C)(C)C)CC2)cn1. The number of methoxy groups -OCH3 is 1. The summed E-state index contributed by atoms with van der Waals surface area (Å²) < 4.78 is 10.2. The second-order valence-corrected chi connectivity index (χ2v) is 6.80. The first kappa shape index (κ1) is 18.0. The molecule has 2 rings (SSSR count). The number of piperidine rings is 1. The average molecular weight is 335 g/mol. The highest BCUT2D eigenvalue weighted by molar-refractivity contribution is 5.94. The maximum atomic E-state index is 12.4. The van der Waals surface area contributed by atoms with Crippen molar-refractivity contribution in [2.75, 3.05) is 20.2 Å². The number of carbonyl (C=O) groups excluding carboxylic acids is 2. The van der Waals surface area contributed by atoms with E-state index in [4.69, 9.17) is 9.47 Å². The second-order valence-electron chi connectivity index (χ2n) is 6.80. The predicted molar refractivity (Wildman–Crippen MR) is 89.1 cm³/mol. The molecule has 1 saturated heterocycles. The van der Waals surface area contributed by atoms with E-state index in [0.717, 1.165) is 0 Å². The first-order chi connectivity index (χ1) is 11.3. The lowest BCUT2D eigenvalue weighted by Gasteiger charge is -2.32. The van der Waals surface area contributed by atoms with E-state index in [1.54, 1.807) is 17.0 Å². The molecule has 0 aliphatic carbocycles. The van der Waals surface area contributed by atoms with E-state index in [1.807, 2.05) is 20.8 Å². The first-order valence-electron chi connectivity index (χ1n) is 8.07. The van der Waals surface area contributed by atoms with Gasteiger partial charge in [0.2, 0.25) is 5.88 Å². The number of carbonyl (C=O) groups is 2. The van der Waals surface area contributed by atoms with Crippen molar-refractivity contribution in [3.05, 3.63) is 23.9 Å². The largest absolute Gasteiger partial charge is 0.481 e. The van der Waals surface area contributed by atoms with E-state index < -0.39 is 11.7 Å². The van der Waals surface area contributed by atoms with E-state index >= 15 is 0 Å². The molecular formula is C17H25N3O4. The summed E-state index contributed by atoms with van der Waals surface area (Å²) in [5.74, 6) is 0.424. The summed E-state index contributed by atoms with van der Waals surface area (Å²) in [7, 11) is 1.53. The predicted octanol–water partition coefficient (Wildman–Crippen LogP) is 2.22. The zero-order valence-electron chi connectivity index (χ0n) is 14.7. The molecular weight excluding hydrogens is 310 g/mol. The van der Waals surface area contributed by atoms with E-state index in [2.05, 4.69) is 10.3 Å². The number of rotatable bonds is 3. The molecule has 1 aliphatic heterocycles. The zero-order chi connectivity index (χ0) is 17.7. The molecule has 0 spiro atoms. The first-order valence-corrected chi connectivity index (χ1v) is 8.07. The zero-order valence-corrected chi connectivity index (χ0v) is 14.7. The molecule has 1 aliphatic rings. The Morgan fingerprint density at radius 3 is 2.42 bits per heavy atom. The van der Waals surface area contributed by atoms with Gasteiger partial charge < -0.3 is 19.7 Å². The van der Waals surface area contributed by atoms with E-state index in [0.29, 0.717) is 37.4 Å². The quantitative estimate of drug-likeness (QED) is 0.916. The van der Waals surface area contributed by atoms with Crippen molar-refractivity contribution >= 4 is 12.0 Å². The third-order valence-electron chi connectivity index (χ3n) is 3.70. The standard InChI is InChI=1S/C17H25N3O4/c1-17(2,3)24-16(22)19-13-7-9-20(10-8-13)15(21)12-5-6-14(23-4)18-11-12/h5-6,11,13H,7-10H2,1-4H3,(H,19,22). The highest BCUT2D eigenvalue weighted by Crippen LogP contribution is 2.16. The lowest BCUT2D eigenvalue weighted by atomic mass is 10.0. The Hall–Kier alpha value is -2.31. The number of ether oxygens (including phenoxy) is 2. The van der Waals surface area contributed by atoms with Gasteiger partial charge in [-0.3, -0.25) is 4.79 Å².